The van der Waals surface area contributed by atoms with Crippen LogP contribution in [0.5, 0.6) is 0 Å². The number of hydrogen-bond acceptors (Lipinski definition) is 2. The summed E-state index contributed by atoms with van der Waals surface area (Å²) in [7, 11) is -3.47. The molecule has 0 heterocycles. The summed E-state index contributed by atoms with van der Waals surface area (Å²) in [5.74, 6) is -0.434. The van der Waals surface area contributed by atoms with E-state index in [0.29, 0.717) is 5.56 Å². The van der Waals surface area contributed by atoms with Gasteiger partial charge in [-0.3, -0.25) is 0 Å². The van der Waals surface area contributed by atoms with Crippen LogP contribution in [0.25, 0.3) is 0 Å². The van der Waals surface area contributed by atoms with Gasteiger partial charge in [-0.1, -0.05) is 19.9 Å². The largest absolute Gasteiger partial charge is 0.224 e. The lowest BCUT2D eigenvalue weighted by atomic mass is 9.98. The Balaban J connectivity index is 3.48. The molecule has 1 aromatic carbocycles. The molecule has 2 nitrogen and oxygen atoms in total. The second-order valence-corrected chi connectivity index (χ2v) is 6.00. The van der Waals surface area contributed by atoms with Gasteiger partial charge in [0.25, 0.3) is 0 Å². The standard InChI is InChI=1S/C11H15FO2S/c1-7(2)9-5-6-10(15(4,13)14)11(12)8(9)3/h5-7H,1-4H3. The van der Waals surface area contributed by atoms with Crippen molar-refractivity contribution in [1.82, 2.24) is 0 Å². The maximum atomic E-state index is 13.7. The van der Waals surface area contributed by atoms with Crippen LogP contribution >= 0.6 is 0 Å². The van der Waals surface area contributed by atoms with Crippen LogP contribution in [-0.4, -0.2) is 14.7 Å². The van der Waals surface area contributed by atoms with Gasteiger partial charge in [-0.2, -0.15) is 0 Å². The molecule has 0 saturated carbocycles. The van der Waals surface area contributed by atoms with E-state index in [-0.39, 0.29) is 10.8 Å². The molecule has 0 radical (unpaired) electrons. The SMILES string of the molecule is Cc1c(C(C)C)ccc(S(C)(=O)=O)c1F. The highest BCUT2D eigenvalue weighted by atomic mass is 32.2. The van der Waals surface area contributed by atoms with Crippen LogP contribution in [0, 0.1) is 12.7 Å². The second kappa shape index (κ2) is 3.93. The minimum Gasteiger partial charge on any atom is -0.224 e. The zero-order chi connectivity index (χ0) is 11.8. The van der Waals surface area contributed by atoms with Gasteiger partial charge in [-0.05, 0) is 30.0 Å². The van der Waals surface area contributed by atoms with Crippen molar-refractivity contribution in [2.45, 2.75) is 31.6 Å². The minimum atomic E-state index is -3.47. The Morgan fingerprint density at radius 1 is 1.27 bits per heavy atom. The van der Waals surface area contributed by atoms with Crippen LogP contribution in [0.3, 0.4) is 0 Å². The number of rotatable bonds is 2. The van der Waals surface area contributed by atoms with E-state index in [2.05, 4.69) is 0 Å². The molecule has 1 rings (SSSR count). The lowest BCUT2D eigenvalue weighted by Gasteiger charge is -2.12. The van der Waals surface area contributed by atoms with Crippen molar-refractivity contribution in [2.24, 2.45) is 0 Å². The number of hydrogen-bond donors (Lipinski definition) is 0. The average molecular weight is 230 g/mol. The predicted octanol–water partition coefficient (Wildman–Crippen LogP) is 2.66. The summed E-state index contributed by atoms with van der Waals surface area (Å²) in [6, 6.07) is 3.02. The first-order valence-corrected chi connectivity index (χ1v) is 6.63. The summed E-state index contributed by atoms with van der Waals surface area (Å²) in [5, 5.41) is 0. The van der Waals surface area contributed by atoms with Gasteiger partial charge < -0.3 is 0 Å². The van der Waals surface area contributed by atoms with Gasteiger partial charge in [0.2, 0.25) is 0 Å². The van der Waals surface area contributed by atoms with Crippen LogP contribution in [-0.2, 0) is 9.84 Å². The molecular formula is C11H15FO2S. The molecular weight excluding hydrogens is 215 g/mol. The van der Waals surface area contributed by atoms with Crippen molar-refractivity contribution in [1.29, 1.82) is 0 Å². The van der Waals surface area contributed by atoms with Crippen LogP contribution in [0.2, 0.25) is 0 Å². The minimum absolute atomic E-state index is 0.188. The molecule has 0 N–H and O–H groups in total. The third-order valence-electron chi connectivity index (χ3n) is 2.41. The lowest BCUT2D eigenvalue weighted by Crippen LogP contribution is -2.05. The summed E-state index contributed by atoms with van der Waals surface area (Å²) in [6.07, 6.45) is 1.01. The molecule has 0 spiro atoms. The Kier molecular flexibility index (Phi) is 3.19. The van der Waals surface area contributed by atoms with Crippen molar-refractivity contribution < 1.29 is 12.8 Å². The molecule has 0 aromatic heterocycles. The van der Waals surface area contributed by atoms with Crippen LogP contribution in [0.4, 0.5) is 4.39 Å². The van der Waals surface area contributed by atoms with E-state index in [1.54, 1.807) is 13.0 Å². The van der Waals surface area contributed by atoms with E-state index in [0.717, 1.165) is 11.8 Å². The molecule has 4 heteroatoms. The summed E-state index contributed by atoms with van der Waals surface area (Å²) in [6.45, 7) is 5.50. The Hall–Kier alpha value is -0.900. The quantitative estimate of drug-likeness (QED) is 0.782. The number of benzene rings is 1. The normalized spacial score (nSPS) is 12.1. The van der Waals surface area contributed by atoms with Crippen LogP contribution < -0.4 is 0 Å². The van der Waals surface area contributed by atoms with E-state index in [4.69, 9.17) is 0 Å². The average Bonchev–Trinajstić information content (AvgIpc) is 2.06. The first-order chi connectivity index (χ1) is 6.75. The van der Waals surface area contributed by atoms with E-state index in [1.807, 2.05) is 13.8 Å². The summed E-state index contributed by atoms with van der Waals surface area (Å²) >= 11 is 0. The molecule has 0 aliphatic heterocycles. The van der Waals surface area contributed by atoms with Gasteiger partial charge in [0, 0.05) is 6.26 Å². The predicted molar refractivity (Wildman–Crippen MR) is 58.3 cm³/mol. The highest BCUT2D eigenvalue weighted by molar-refractivity contribution is 7.90. The fourth-order valence-electron chi connectivity index (χ4n) is 1.59. The Labute approximate surface area is 90.0 Å². The summed E-state index contributed by atoms with van der Waals surface area (Å²) in [4.78, 5) is -0.218. The van der Waals surface area contributed by atoms with E-state index < -0.39 is 15.7 Å². The molecule has 0 aliphatic carbocycles. The fourth-order valence-corrected chi connectivity index (χ4v) is 2.38. The maximum absolute atomic E-state index is 13.7. The monoisotopic (exact) mass is 230 g/mol. The van der Waals surface area contributed by atoms with Crippen molar-refractivity contribution in [3.05, 3.63) is 29.1 Å². The highest BCUT2D eigenvalue weighted by Gasteiger charge is 2.18. The first kappa shape index (κ1) is 12.2. The molecule has 0 unspecified atom stereocenters. The van der Waals surface area contributed by atoms with Crippen molar-refractivity contribution in [3.8, 4) is 0 Å². The molecule has 0 atom stereocenters. The van der Waals surface area contributed by atoms with Crippen molar-refractivity contribution in [2.75, 3.05) is 6.26 Å². The third kappa shape index (κ3) is 2.37. The molecule has 0 saturated heterocycles. The van der Waals surface area contributed by atoms with E-state index in [9.17, 15) is 12.8 Å². The van der Waals surface area contributed by atoms with Gasteiger partial charge in [0.15, 0.2) is 9.84 Å². The lowest BCUT2D eigenvalue weighted by molar-refractivity contribution is 0.562. The molecule has 0 aliphatic rings. The number of halogens is 1. The maximum Gasteiger partial charge on any atom is 0.178 e. The smallest absolute Gasteiger partial charge is 0.178 e. The third-order valence-corrected chi connectivity index (χ3v) is 3.53. The van der Waals surface area contributed by atoms with Crippen LogP contribution in [0.1, 0.15) is 30.9 Å². The zero-order valence-electron chi connectivity index (χ0n) is 9.33. The Morgan fingerprint density at radius 2 is 1.80 bits per heavy atom. The zero-order valence-corrected chi connectivity index (χ0v) is 10.2. The Morgan fingerprint density at radius 3 is 2.20 bits per heavy atom. The second-order valence-electron chi connectivity index (χ2n) is 4.02. The van der Waals surface area contributed by atoms with Gasteiger partial charge in [0.05, 0.1) is 0 Å². The molecule has 0 fully saturated rings. The van der Waals surface area contributed by atoms with Gasteiger partial charge in [0.1, 0.15) is 10.7 Å². The molecule has 84 valence electrons. The first-order valence-electron chi connectivity index (χ1n) is 4.74. The van der Waals surface area contributed by atoms with Crippen molar-refractivity contribution in [3.63, 3.8) is 0 Å². The molecule has 1 aromatic rings. The number of sulfone groups is 1. The van der Waals surface area contributed by atoms with Gasteiger partial charge in [-0.15, -0.1) is 0 Å². The fraction of sp³-hybridized carbons (Fsp3) is 0.455. The summed E-state index contributed by atoms with van der Waals surface area (Å²) in [5.41, 5.74) is 1.27. The molecule has 0 bridgehead atoms. The van der Waals surface area contributed by atoms with Gasteiger partial charge >= 0.3 is 0 Å². The summed E-state index contributed by atoms with van der Waals surface area (Å²) < 4.78 is 36.2. The van der Waals surface area contributed by atoms with Crippen molar-refractivity contribution >= 4 is 9.84 Å². The van der Waals surface area contributed by atoms with E-state index >= 15 is 0 Å². The highest BCUT2D eigenvalue weighted by Crippen LogP contribution is 2.25. The molecule has 15 heavy (non-hydrogen) atoms. The molecule has 0 amide bonds. The van der Waals surface area contributed by atoms with Crippen LogP contribution in [0.15, 0.2) is 17.0 Å². The van der Waals surface area contributed by atoms with Gasteiger partial charge in [-0.25, -0.2) is 12.8 Å². The Bertz CT molecular complexity index is 476. The topological polar surface area (TPSA) is 34.1 Å². The van der Waals surface area contributed by atoms with E-state index in [1.165, 1.54) is 6.07 Å².